The molecule has 0 bridgehead atoms. The van der Waals surface area contributed by atoms with Crippen LogP contribution in [0.3, 0.4) is 0 Å². The van der Waals surface area contributed by atoms with E-state index in [1.807, 2.05) is 20.8 Å². The summed E-state index contributed by atoms with van der Waals surface area (Å²) >= 11 is 0. The normalized spacial score (nSPS) is 21.8. The van der Waals surface area contributed by atoms with Gasteiger partial charge in [0.25, 0.3) is 10.1 Å². The molecule has 0 radical (unpaired) electrons. The molecule has 0 aromatic rings. The quantitative estimate of drug-likeness (QED) is 0.338. The van der Waals surface area contributed by atoms with Gasteiger partial charge in [-0.05, 0) is 58.2 Å². The van der Waals surface area contributed by atoms with Crippen molar-refractivity contribution in [3.05, 3.63) is 0 Å². The molecule has 28 heavy (non-hydrogen) atoms. The van der Waals surface area contributed by atoms with Gasteiger partial charge in [-0.25, -0.2) is 4.79 Å². The number of carbonyl (C=O) groups excluding carboxylic acids is 1. The van der Waals surface area contributed by atoms with Gasteiger partial charge in [0.1, 0.15) is 5.60 Å². The van der Waals surface area contributed by atoms with E-state index in [1.54, 1.807) is 4.90 Å². The number of amides is 1. The molecule has 166 valence electrons. The fourth-order valence-electron chi connectivity index (χ4n) is 2.90. The van der Waals surface area contributed by atoms with E-state index in [4.69, 9.17) is 13.3 Å². The summed E-state index contributed by atoms with van der Waals surface area (Å²) in [7, 11) is -5.41. The molecule has 1 aliphatic heterocycles. The first-order chi connectivity index (χ1) is 12.4. The summed E-state index contributed by atoms with van der Waals surface area (Å²) in [6.45, 7) is 17.2. The van der Waals surface area contributed by atoms with E-state index in [9.17, 15) is 13.2 Å². The minimum Gasteiger partial charge on any atom is -0.444 e. The lowest BCUT2D eigenvalue weighted by Crippen LogP contribution is -2.45. The Morgan fingerprint density at radius 1 is 1.14 bits per heavy atom. The molecule has 1 aliphatic rings. The number of carbonyl (C=O) groups is 1. The van der Waals surface area contributed by atoms with Crippen LogP contribution in [-0.2, 0) is 23.5 Å². The summed E-state index contributed by atoms with van der Waals surface area (Å²) in [5.74, 6) is 0. The second kappa shape index (κ2) is 9.02. The molecular formula is C19H39NO6SSi. The molecule has 1 saturated heterocycles. The van der Waals surface area contributed by atoms with Crippen molar-refractivity contribution in [3.63, 3.8) is 0 Å². The first kappa shape index (κ1) is 25.4. The van der Waals surface area contributed by atoms with E-state index in [2.05, 4.69) is 33.9 Å². The highest BCUT2D eigenvalue weighted by Crippen LogP contribution is 2.39. The highest BCUT2D eigenvalue weighted by Gasteiger charge is 2.44. The fourth-order valence-corrected chi connectivity index (χ4v) is 4.68. The number of hydrogen-bond donors (Lipinski definition) is 0. The van der Waals surface area contributed by atoms with Gasteiger partial charge in [0, 0.05) is 12.6 Å². The van der Waals surface area contributed by atoms with Crippen molar-refractivity contribution in [2.24, 2.45) is 0 Å². The maximum Gasteiger partial charge on any atom is 0.410 e. The molecule has 9 heteroatoms. The zero-order valence-electron chi connectivity index (χ0n) is 19.0. The third-order valence-electron chi connectivity index (χ3n) is 5.25. The molecule has 0 aromatic carbocycles. The van der Waals surface area contributed by atoms with Crippen LogP contribution in [0.2, 0.25) is 18.1 Å². The Morgan fingerprint density at radius 2 is 1.71 bits per heavy atom. The van der Waals surface area contributed by atoms with Crippen molar-refractivity contribution >= 4 is 24.5 Å². The smallest absolute Gasteiger partial charge is 0.410 e. The Balaban J connectivity index is 2.82. The highest BCUT2D eigenvalue weighted by atomic mass is 32.2. The van der Waals surface area contributed by atoms with Crippen LogP contribution >= 0.6 is 0 Å². The first-order valence-electron chi connectivity index (χ1n) is 9.93. The van der Waals surface area contributed by atoms with E-state index in [0.717, 1.165) is 12.7 Å². The van der Waals surface area contributed by atoms with Crippen molar-refractivity contribution in [2.45, 2.75) is 96.7 Å². The van der Waals surface area contributed by atoms with Crippen LogP contribution in [0.15, 0.2) is 0 Å². The topological polar surface area (TPSA) is 82.1 Å². The van der Waals surface area contributed by atoms with Gasteiger partial charge < -0.3 is 14.1 Å². The molecule has 1 rings (SSSR count). The van der Waals surface area contributed by atoms with Crippen molar-refractivity contribution < 1.29 is 26.6 Å². The van der Waals surface area contributed by atoms with Crippen LogP contribution in [0.5, 0.6) is 0 Å². The standard InChI is InChI=1S/C19H39NO6SSi/c1-18(2,3)25-17(21)20-14-16(26-28(8,9)19(4,5)6)13-15(20)11-10-12-24-27(7,22)23/h15-16H,10-14H2,1-9H3/t15-,16-/m1/s1. The van der Waals surface area contributed by atoms with Gasteiger partial charge in [0.05, 0.1) is 19.0 Å². The molecule has 0 N–H and O–H groups in total. The second-order valence-corrected chi connectivity index (χ2v) is 16.6. The number of nitrogens with zero attached hydrogens (tertiary/aromatic N) is 1. The van der Waals surface area contributed by atoms with Gasteiger partial charge in [-0.3, -0.25) is 4.18 Å². The number of hydrogen-bond acceptors (Lipinski definition) is 6. The van der Waals surface area contributed by atoms with E-state index in [-0.39, 0.29) is 29.9 Å². The van der Waals surface area contributed by atoms with Crippen molar-refractivity contribution in [1.82, 2.24) is 4.90 Å². The van der Waals surface area contributed by atoms with Crippen LogP contribution in [0, 0.1) is 0 Å². The Bertz CT molecular complexity index is 636. The predicted molar refractivity (Wildman–Crippen MR) is 113 cm³/mol. The maximum atomic E-state index is 12.7. The second-order valence-electron chi connectivity index (χ2n) is 10.2. The SMILES string of the molecule is CC(C)(C)OC(=O)N1C[C@H](O[Si](C)(C)C(C)(C)C)C[C@H]1CCCOS(C)(=O)=O. The average molecular weight is 438 g/mol. The summed E-state index contributed by atoms with van der Waals surface area (Å²) in [5, 5.41) is 0.0885. The lowest BCUT2D eigenvalue weighted by atomic mass is 10.1. The van der Waals surface area contributed by atoms with E-state index in [1.165, 1.54) is 0 Å². The average Bonchev–Trinajstić information content (AvgIpc) is 2.81. The van der Waals surface area contributed by atoms with Crippen LogP contribution in [0.25, 0.3) is 0 Å². The molecule has 1 fully saturated rings. The molecule has 0 aromatic heterocycles. The third kappa shape index (κ3) is 8.38. The lowest BCUT2D eigenvalue weighted by molar-refractivity contribution is 0.0201. The summed E-state index contributed by atoms with van der Waals surface area (Å²) in [4.78, 5) is 14.4. The van der Waals surface area contributed by atoms with Crippen molar-refractivity contribution in [3.8, 4) is 0 Å². The van der Waals surface area contributed by atoms with Crippen LogP contribution < -0.4 is 0 Å². The minimum atomic E-state index is -3.45. The fraction of sp³-hybridized carbons (Fsp3) is 0.947. The lowest BCUT2D eigenvalue weighted by Gasteiger charge is -2.38. The summed E-state index contributed by atoms with van der Waals surface area (Å²) < 4.78 is 39.2. The zero-order valence-corrected chi connectivity index (χ0v) is 20.8. The summed E-state index contributed by atoms with van der Waals surface area (Å²) in [6.07, 6.45) is 2.58. The molecule has 2 atom stereocenters. The Labute approximate surface area is 172 Å². The third-order valence-corrected chi connectivity index (χ3v) is 10.4. The molecule has 0 spiro atoms. The molecule has 7 nitrogen and oxygen atoms in total. The van der Waals surface area contributed by atoms with Crippen LogP contribution in [-0.4, -0.2) is 64.9 Å². The van der Waals surface area contributed by atoms with Gasteiger partial charge in [0.2, 0.25) is 0 Å². The van der Waals surface area contributed by atoms with Crippen molar-refractivity contribution in [2.75, 3.05) is 19.4 Å². The molecule has 1 heterocycles. The number of ether oxygens (including phenoxy) is 1. The highest BCUT2D eigenvalue weighted by molar-refractivity contribution is 7.85. The van der Waals surface area contributed by atoms with E-state index in [0.29, 0.717) is 19.4 Å². The monoisotopic (exact) mass is 437 g/mol. The summed E-state index contributed by atoms with van der Waals surface area (Å²) in [5.41, 5.74) is -0.570. The Kier molecular flexibility index (Phi) is 8.18. The number of likely N-dealkylation sites (tertiary alicyclic amines) is 1. The Morgan fingerprint density at radius 3 is 2.18 bits per heavy atom. The number of rotatable bonds is 7. The zero-order chi connectivity index (χ0) is 22.0. The van der Waals surface area contributed by atoms with E-state index >= 15 is 0 Å². The van der Waals surface area contributed by atoms with Gasteiger partial charge in [-0.1, -0.05) is 20.8 Å². The molecule has 0 aliphatic carbocycles. The Hall–Kier alpha value is -0.643. The van der Waals surface area contributed by atoms with Gasteiger partial charge >= 0.3 is 6.09 Å². The molecule has 1 amide bonds. The maximum absolute atomic E-state index is 12.7. The molecule has 0 saturated carbocycles. The first-order valence-corrected chi connectivity index (χ1v) is 14.7. The van der Waals surface area contributed by atoms with Crippen molar-refractivity contribution in [1.29, 1.82) is 0 Å². The van der Waals surface area contributed by atoms with Gasteiger partial charge in [0.15, 0.2) is 8.32 Å². The van der Waals surface area contributed by atoms with E-state index < -0.39 is 24.0 Å². The van der Waals surface area contributed by atoms with Crippen LogP contribution in [0.1, 0.15) is 60.8 Å². The largest absolute Gasteiger partial charge is 0.444 e. The van der Waals surface area contributed by atoms with Gasteiger partial charge in [-0.15, -0.1) is 0 Å². The minimum absolute atomic E-state index is 0.0331. The van der Waals surface area contributed by atoms with Crippen LogP contribution in [0.4, 0.5) is 4.79 Å². The summed E-state index contributed by atoms with van der Waals surface area (Å²) in [6, 6.07) is -0.0484. The predicted octanol–water partition coefficient (Wildman–Crippen LogP) is 4.14. The molecular weight excluding hydrogens is 398 g/mol. The van der Waals surface area contributed by atoms with Gasteiger partial charge in [-0.2, -0.15) is 8.42 Å². The molecule has 0 unspecified atom stereocenters.